The lowest BCUT2D eigenvalue weighted by atomic mass is 10.1. The summed E-state index contributed by atoms with van der Waals surface area (Å²) in [4.78, 5) is 14.5. The van der Waals surface area contributed by atoms with Gasteiger partial charge in [0.05, 0.1) is 5.25 Å². The quantitative estimate of drug-likeness (QED) is 0.617. The third-order valence-electron chi connectivity index (χ3n) is 4.17. The first kappa shape index (κ1) is 19.9. The zero-order chi connectivity index (χ0) is 20.3. The second kappa shape index (κ2) is 8.48. The van der Waals surface area contributed by atoms with E-state index in [2.05, 4.69) is 21.6 Å². The summed E-state index contributed by atoms with van der Waals surface area (Å²) < 4.78 is 5.75. The molecular formula is C21H24N4O2S. The molecule has 0 aliphatic heterocycles. The molecule has 0 radical (unpaired) electrons. The van der Waals surface area contributed by atoms with Crippen LogP contribution in [0.25, 0.3) is 11.5 Å². The van der Waals surface area contributed by atoms with E-state index in [4.69, 9.17) is 4.42 Å². The molecule has 7 heteroatoms. The van der Waals surface area contributed by atoms with E-state index in [1.807, 2.05) is 76.2 Å². The molecule has 3 aromatic rings. The lowest BCUT2D eigenvalue weighted by Gasteiger charge is -2.14. The minimum absolute atomic E-state index is 0.117. The number of carbonyl (C=O) groups is 1. The van der Waals surface area contributed by atoms with E-state index in [9.17, 15) is 4.79 Å². The number of nitrogens with one attached hydrogen (secondary N) is 1. The number of benzene rings is 2. The molecule has 1 amide bonds. The van der Waals surface area contributed by atoms with Gasteiger partial charge in [0.2, 0.25) is 11.8 Å². The molecule has 1 unspecified atom stereocenters. The molecule has 1 N–H and O–H groups in total. The lowest BCUT2D eigenvalue weighted by Crippen LogP contribution is -2.22. The summed E-state index contributed by atoms with van der Waals surface area (Å²) >= 11 is 1.24. The zero-order valence-corrected chi connectivity index (χ0v) is 17.5. The van der Waals surface area contributed by atoms with Crippen molar-refractivity contribution < 1.29 is 9.21 Å². The number of hydrogen-bond donors (Lipinski definition) is 1. The fraction of sp³-hybridized carbons (Fsp3) is 0.286. The summed E-state index contributed by atoms with van der Waals surface area (Å²) in [6, 6.07) is 13.8. The van der Waals surface area contributed by atoms with Gasteiger partial charge in [0, 0.05) is 31.0 Å². The number of aryl methyl sites for hydroxylation is 2. The van der Waals surface area contributed by atoms with Gasteiger partial charge in [-0.1, -0.05) is 29.0 Å². The van der Waals surface area contributed by atoms with Crippen molar-refractivity contribution in [1.82, 2.24) is 10.2 Å². The van der Waals surface area contributed by atoms with E-state index in [0.29, 0.717) is 11.1 Å². The van der Waals surface area contributed by atoms with Crippen molar-refractivity contribution in [2.45, 2.75) is 31.2 Å². The van der Waals surface area contributed by atoms with Gasteiger partial charge >= 0.3 is 0 Å². The van der Waals surface area contributed by atoms with Crippen LogP contribution in [0.15, 0.2) is 52.1 Å². The first-order valence-electron chi connectivity index (χ1n) is 8.99. The molecule has 28 heavy (non-hydrogen) atoms. The summed E-state index contributed by atoms with van der Waals surface area (Å²) in [5, 5.41) is 11.1. The maximum atomic E-state index is 12.5. The first-order valence-corrected chi connectivity index (χ1v) is 9.87. The van der Waals surface area contributed by atoms with Gasteiger partial charge in [0.1, 0.15) is 0 Å². The van der Waals surface area contributed by atoms with Gasteiger partial charge in [-0.3, -0.25) is 4.79 Å². The number of hydrogen-bond acceptors (Lipinski definition) is 6. The van der Waals surface area contributed by atoms with Crippen LogP contribution in [-0.2, 0) is 4.79 Å². The summed E-state index contributed by atoms with van der Waals surface area (Å²) in [5.41, 5.74) is 4.98. The van der Waals surface area contributed by atoms with Crippen LogP contribution >= 0.6 is 11.8 Å². The molecule has 2 aromatic carbocycles. The Hall–Kier alpha value is -2.80. The van der Waals surface area contributed by atoms with Crippen LogP contribution in [-0.4, -0.2) is 35.4 Å². The van der Waals surface area contributed by atoms with Crippen molar-refractivity contribution in [2.24, 2.45) is 0 Å². The highest BCUT2D eigenvalue weighted by molar-refractivity contribution is 8.00. The van der Waals surface area contributed by atoms with Gasteiger partial charge in [-0.05, 0) is 57.2 Å². The average Bonchev–Trinajstić information content (AvgIpc) is 3.10. The maximum Gasteiger partial charge on any atom is 0.277 e. The molecule has 0 aliphatic carbocycles. The Morgan fingerprint density at radius 1 is 1.07 bits per heavy atom. The molecule has 3 rings (SSSR count). The van der Waals surface area contributed by atoms with Gasteiger partial charge in [-0.2, -0.15) is 0 Å². The van der Waals surface area contributed by atoms with E-state index in [1.165, 1.54) is 11.8 Å². The highest BCUT2D eigenvalue weighted by Crippen LogP contribution is 2.28. The van der Waals surface area contributed by atoms with Crippen molar-refractivity contribution >= 4 is 29.0 Å². The Bertz CT molecular complexity index is 947. The summed E-state index contributed by atoms with van der Waals surface area (Å²) in [5.74, 6) is 0.343. The van der Waals surface area contributed by atoms with Crippen LogP contribution in [0.3, 0.4) is 0 Å². The number of nitrogens with zero attached hydrogens (tertiary/aromatic N) is 3. The molecule has 1 aromatic heterocycles. The molecule has 0 saturated carbocycles. The largest absolute Gasteiger partial charge is 0.411 e. The van der Waals surface area contributed by atoms with Gasteiger partial charge in [-0.15, -0.1) is 10.2 Å². The molecule has 0 spiro atoms. The second-order valence-corrected chi connectivity index (χ2v) is 8.23. The van der Waals surface area contributed by atoms with Crippen LogP contribution in [0.5, 0.6) is 0 Å². The molecule has 1 atom stereocenters. The van der Waals surface area contributed by atoms with Crippen LogP contribution in [0, 0.1) is 13.8 Å². The summed E-state index contributed by atoms with van der Waals surface area (Å²) in [7, 11) is 3.95. The average molecular weight is 397 g/mol. The third-order valence-corrected chi connectivity index (χ3v) is 5.11. The third kappa shape index (κ3) is 4.92. The Balaban J connectivity index is 1.63. The molecule has 146 valence electrons. The van der Waals surface area contributed by atoms with E-state index < -0.39 is 0 Å². The normalized spacial score (nSPS) is 11.9. The van der Waals surface area contributed by atoms with Gasteiger partial charge in [-0.25, -0.2) is 0 Å². The van der Waals surface area contributed by atoms with E-state index in [-0.39, 0.29) is 11.2 Å². The number of carbonyl (C=O) groups excluding carboxylic acids is 1. The predicted molar refractivity (Wildman–Crippen MR) is 114 cm³/mol. The van der Waals surface area contributed by atoms with Crippen molar-refractivity contribution in [3.05, 3.63) is 53.6 Å². The first-order chi connectivity index (χ1) is 13.3. The maximum absolute atomic E-state index is 12.5. The molecule has 1 heterocycles. The molecule has 0 bridgehead atoms. The van der Waals surface area contributed by atoms with Crippen LogP contribution < -0.4 is 10.2 Å². The summed E-state index contributed by atoms with van der Waals surface area (Å²) in [6.45, 7) is 5.87. The van der Waals surface area contributed by atoms with E-state index in [1.54, 1.807) is 0 Å². The van der Waals surface area contributed by atoms with E-state index in [0.717, 1.165) is 28.1 Å². The SMILES string of the molecule is Cc1cc(C)cc(-c2nnc(SC(C)C(=O)Nc3ccc(N(C)C)cc3)o2)c1. The van der Waals surface area contributed by atoms with Crippen molar-refractivity contribution in [1.29, 1.82) is 0 Å². The van der Waals surface area contributed by atoms with Crippen LogP contribution in [0.2, 0.25) is 0 Å². The Morgan fingerprint density at radius 2 is 1.71 bits per heavy atom. The Kier molecular flexibility index (Phi) is 6.04. The molecule has 0 aliphatic rings. The monoisotopic (exact) mass is 396 g/mol. The number of amides is 1. The fourth-order valence-corrected chi connectivity index (χ4v) is 3.45. The number of rotatable bonds is 6. The molecule has 0 fully saturated rings. The highest BCUT2D eigenvalue weighted by Gasteiger charge is 2.19. The lowest BCUT2D eigenvalue weighted by molar-refractivity contribution is -0.115. The topological polar surface area (TPSA) is 71.3 Å². The fourth-order valence-electron chi connectivity index (χ4n) is 2.76. The van der Waals surface area contributed by atoms with E-state index >= 15 is 0 Å². The molecule has 6 nitrogen and oxygen atoms in total. The van der Waals surface area contributed by atoms with Crippen LogP contribution in [0.4, 0.5) is 11.4 Å². The number of aromatic nitrogens is 2. The van der Waals surface area contributed by atoms with Crippen LogP contribution in [0.1, 0.15) is 18.1 Å². The van der Waals surface area contributed by atoms with Crippen molar-refractivity contribution in [2.75, 3.05) is 24.3 Å². The Labute approximate surface area is 169 Å². The minimum Gasteiger partial charge on any atom is -0.411 e. The van der Waals surface area contributed by atoms with Crippen molar-refractivity contribution in [3.8, 4) is 11.5 Å². The standard InChI is InChI=1S/C21H24N4O2S/c1-13-10-14(2)12-16(11-13)20-23-24-21(27-20)28-15(3)19(26)22-17-6-8-18(9-7-17)25(4)5/h6-12,15H,1-5H3,(H,22,26). The van der Waals surface area contributed by atoms with Gasteiger partial charge in [0.25, 0.3) is 5.22 Å². The smallest absolute Gasteiger partial charge is 0.277 e. The summed E-state index contributed by atoms with van der Waals surface area (Å²) in [6.07, 6.45) is 0. The van der Waals surface area contributed by atoms with Crippen molar-refractivity contribution in [3.63, 3.8) is 0 Å². The van der Waals surface area contributed by atoms with Gasteiger partial charge in [0.15, 0.2) is 0 Å². The number of thioether (sulfide) groups is 1. The predicted octanol–water partition coefficient (Wildman–Crippen LogP) is 4.54. The zero-order valence-electron chi connectivity index (χ0n) is 16.7. The molecular weight excluding hydrogens is 372 g/mol. The minimum atomic E-state index is -0.374. The molecule has 0 saturated heterocycles. The number of anilines is 2. The highest BCUT2D eigenvalue weighted by atomic mass is 32.2. The second-order valence-electron chi connectivity index (χ2n) is 6.94. The Morgan fingerprint density at radius 3 is 2.32 bits per heavy atom. The van der Waals surface area contributed by atoms with Gasteiger partial charge < -0.3 is 14.6 Å².